The van der Waals surface area contributed by atoms with Gasteiger partial charge in [0.2, 0.25) is 11.8 Å². The van der Waals surface area contributed by atoms with Gasteiger partial charge in [-0.1, -0.05) is 0 Å². The lowest BCUT2D eigenvalue weighted by Crippen LogP contribution is -2.54. The van der Waals surface area contributed by atoms with Gasteiger partial charge in [0.1, 0.15) is 17.0 Å². The molecule has 3 aromatic rings. The molecular formula is C25H20F4N4O4. The van der Waals surface area contributed by atoms with Gasteiger partial charge in [0.25, 0.3) is 0 Å². The van der Waals surface area contributed by atoms with Gasteiger partial charge in [-0.25, -0.2) is 9.18 Å². The van der Waals surface area contributed by atoms with E-state index < -0.39 is 52.1 Å². The molecule has 3 N–H and O–H groups in total. The highest BCUT2D eigenvalue weighted by atomic mass is 19.4. The maximum absolute atomic E-state index is 13.5. The topological polar surface area (TPSA) is 111 Å². The van der Waals surface area contributed by atoms with Gasteiger partial charge in [0.05, 0.1) is 47.1 Å². The van der Waals surface area contributed by atoms with Gasteiger partial charge in [0, 0.05) is 5.69 Å². The summed E-state index contributed by atoms with van der Waals surface area (Å²) in [5.74, 6) is -1.55. The number of nitriles is 1. The van der Waals surface area contributed by atoms with Crippen molar-refractivity contribution in [1.82, 2.24) is 9.47 Å². The molecule has 1 saturated heterocycles. The number of benzene rings is 2. The average molecular weight is 516 g/mol. The van der Waals surface area contributed by atoms with Crippen LogP contribution in [0.3, 0.4) is 0 Å². The zero-order chi connectivity index (χ0) is 26.9. The Hall–Kier alpha value is -4.24. The van der Waals surface area contributed by atoms with E-state index in [1.165, 1.54) is 41.3 Å². The van der Waals surface area contributed by atoms with Crippen molar-refractivity contribution in [1.29, 1.82) is 5.26 Å². The van der Waals surface area contributed by atoms with Crippen LogP contribution in [0.25, 0.3) is 5.69 Å². The van der Waals surface area contributed by atoms with E-state index in [1.807, 2.05) is 0 Å². The molecule has 2 aliphatic rings. The van der Waals surface area contributed by atoms with E-state index in [2.05, 4.69) is 5.32 Å². The third-order valence-corrected chi connectivity index (χ3v) is 6.68. The first-order valence-corrected chi connectivity index (χ1v) is 11.1. The van der Waals surface area contributed by atoms with Gasteiger partial charge in [0.15, 0.2) is 0 Å². The van der Waals surface area contributed by atoms with E-state index in [0.29, 0.717) is 11.8 Å². The number of carbonyl (C=O) groups is 1. The minimum atomic E-state index is -4.84. The van der Waals surface area contributed by atoms with Gasteiger partial charge in [-0.3, -0.25) is 4.57 Å². The second-order valence-corrected chi connectivity index (χ2v) is 9.43. The SMILES string of the molecule is C[C@]12CN(C(=O)Nc3ccc(F)cc3)C[C@](C)(O1)c1c2c(O)n(-c2ccc(C#N)c(C(F)(F)F)c2)c1O. The van der Waals surface area contributed by atoms with Crippen LogP contribution in [-0.4, -0.2) is 38.8 Å². The zero-order valence-electron chi connectivity index (χ0n) is 19.5. The van der Waals surface area contributed by atoms with Crippen LogP contribution < -0.4 is 5.32 Å². The number of urea groups is 1. The number of nitrogens with one attached hydrogen (secondary N) is 1. The molecule has 0 saturated carbocycles. The summed E-state index contributed by atoms with van der Waals surface area (Å²) < 4.78 is 60.8. The number of ether oxygens (including phenoxy) is 1. The number of alkyl halides is 3. The number of aromatic nitrogens is 1. The molecular weight excluding hydrogens is 496 g/mol. The Morgan fingerprint density at radius 2 is 1.62 bits per heavy atom. The van der Waals surface area contributed by atoms with Crippen molar-refractivity contribution < 1.29 is 37.3 Å². The Morgan fingerprint density at radius 3 is 2.14 bits per heavy atom. The molecule has 2 aromatic carbocycles. The van der Waals surface area contributed by atoms with Crippen molar-refractivity contribution in [2.75, 3.05) is 18.4 Å². The highest BCUT2D eigenvalue weighted by Gasteiger charge is 2.59. The smallest absolute Gasteiger partial charge is 0.417 e. The van der Waals surface area contributed by atoms with Crippen LogP contribution in [0.4, 0.5) is 28.0 Å². The fourth-order valence-corrected chi connectivity index (χ4v) is 5.28. The Morgan fingerprint density at radius 1 is 1.05 bits per heavy atom. The number of fused-ring (bicyclic) bond motifs is 5. The van der Waals surface area contributed by atoms with Crippen LogP contribution in [0, 0.1) is 17.1 Å². The monoisotopic (exact) mass is 516 g/mol. The minimum absolute atomic E-state index is 0.0548. The molecule has 37 heavy (non-hydrogen) atoms. The largest absolute Gasteiger partial charge is 0.494 e. The molecule has 5 rings (SSSR count). The predicted octanol–water partition coefficient (Wildman–Crippen LogP) is 4.93. The number of halogens is 4. The standard InChI is InChI=1S/C25H20F4N4O4/c1-23-11-32(22(36)31-15-6-4-14(26)5-7-15)12-24(2,37-23)19-18(23)20(34)33(21(19)35)16-8-3-13(10-30)17(9-16)25(27,28)29/h3-9,34-35H,11-12H2,1-2H3,(H,31,36)/t23-,24+. The lowest BCUT2D eigenvalue weighted by molar-refractivity contribution is -0.175. The molecule has 2 atom stereocenters. The first-order valence-electron chi connectivity index (χ1n) is 11.1. The van der Waals surface area contributed by atoms with Gasteiger partial charge < -0.3 is 25.2 Å². The van der Waals surface area contributed by atoms with Gasteiger partial charge >= 0.3 is 12.2 Å². The van der Waals surface area contributed by atoms with Crippen LogP contribution in [0.5, 0.6) is 11.8 Å². The lowest BCUT2D eigenvalue weighted by atomic mass is 9.94. The molecule has 2 aliphatic heterocycles. The summed E-state index contributed by atoms with van der Waals surface area (Å²) in [7, 11) is 0. The maximum Gasteiger partial charge on any atom is 0.417 e. The number of hydrogen-bond donors (Lipinski definition) is 3. The summed E-state index contributed by atoms with van der Waals surface area (Å²) in [6.07, 6.45) is -4.84. The van der Waals surface area contributed by atoms with Gasteiger partial charge in [-0.05, 0) is 56.3 Å². The van der Waals surface area contributed by atoms with E-state index in [-0.39, 0.29) is 29.9 Å². The molecule has 2 bridgehead atoms. The highest BCUT2D eigenvalue weighted by molar-refractivity contribution is 5.89. The van der Waals surface area contributed by atoms with Crippen LogP contribution in [0.1, 0.15) is 36.1 Å². The summed E-state index contributed by atoms with van der Waals surface area (Å²) in [4.78, 5) is 14.4. The van der Waals surface area contributed by atoms with Gasteiger partial charge in [-0.2, -0.15) is 18.4 Å². The molecule has 3 heterocycles. The summed E-state index contributed by atoms with van der Waals surface area (Å²) in [5.41, 5.74) is -3.99. The van der Waals surface area contributed by atoms with E-state index in [9.17, 15) is 32.6 Å². The highest BCUT2D eigenvalue weighted by Crippen LogP contribution is 2.59. The van der Waals surface area contributed by atoms with Crippen molar-refractivity contribution in [2.45, 2.75) is 31.2 Å². The quantitative estimate of drug-likeness (QED) is 0.419. The molecule has 0 spiro atoms. The van der Waals surface area contributed by atoms with E-state index >= 15 is 0 Å². The summed E-state index contributed by atoms with van der Waals surface area (Å²) >= 11 is 0. The van der Waals surface area contributed by atoms with Gasteiger partial charge in [-0.15, -0.1) is 0 Å². The van der Waals surface area contributed by atoms with Crippen molar-refractivity contribution in [2.24, 2.45) is 0 Å². The number of aromatic hydroxyl groups is 2. The Balaban J connectivity index is 1.54. The molecule has 0 unspecified atom stereocenters. The summed E-state index contributed by atoms with van der Waals surface area (Å²) in [6.45, 7) is 3.08. The Labute approximate surface area is 207 Å². The molecule has 0 aliphatic carbocycles. The van der Waals surface area contributed by atoms with Crippen LogP contribution in [-0.2, 0) is 22.1 Å². The number of hydrogen-bond acceptors (Lipinski definition) is 5. The fourth-order valence-electron chi connectivity index (χ4n) is 5.28. The number of morpholine rings is 1. The second kappa shape index (κ2) is 7.88. The van der Waals surface area contributed by atoms with Crippen LogP contribution >= 0.6 is 0 Å². The molecule has 1 fully saturated rings. The first kappa shape index (κ1) is 24.5. The molecule has 12 heteroatoms. The van der Waals surface area contributed by atoms with E-state index in [4.69, 9.17) is 10.00 Å². The minimum Gasteiger partial charge on any atom is -0.494 e. The molecule has 192 valence electrons. The number of rotatable bonds is 2. The third-order valence-electron chi connectivity index (χ3n) is 6.68. The van der Waals surface area contributed by atoms with Crippen molar-refractivity contribution >= 4 is 11.7 Å². The second-order valence-electron chi connectivity index (χ2n) is 9.43. The fraction of sp³-hybridized carbons (Fsp3) is 0.280. The first-order chi connectivity index (χ1) is 17.3. The molecule has 1 aromatic heterocycles. The normalized spacial score (nSPS) is 22.5. The molecule has 8 nitrogen and oxygen atoms in total. The number of nitrogens with zero attached hydrogens (tertiary/aromatic N) is 3. The lowest BCUT2D eigenvalue weighted by Gasteiger charge is -2.43. The van der Waals surface area contributed by atoms with Crippen molar-refractivity contribution in [3.8, 4) is 23.5 Å². The number of amides is 2. The van der Waals surface area contributed by atoms with E-state index in [1.54, 1.807) is 13.8 Å². The van der Waals surface area contributed by atoms with E-state index in [0.717, 1.165) is 10.6 Å². The van der Waals surface area contributed by atoms with Crippen LogP contribution in [0.15, 0.2) is 42.5 Å². The Kier molecular flexibility index (Phi) is 5.21. The predicted molar refractivity (Wildman–Crippen MR) is 122 cm³/mol. The number of anilines is 1. The third kappa shape index (κ3) is 3.74. The van der Waals surface area contributed by atoms with Crippen molar-refractivity contribution in [3.63, 3.8) is 0 Å². The Bertz CT molecular complexity index is 1440. The van der Waals surface area contributed by atoms with Crippen LogP contribution in [0.2, 0.25) is 0 Å². The summed E-state index contributed by atoms with van der Waals surface area (Å²) in [6, 6.07) is 8.98. The molecule has 2 amide bonds. The zero-order valence-corrected chi connectivity index (χ0v) is 19.5. The summed E-state index contributed by atoms with van der Waals surface area (Å²) in [5, 5.41) is 34.0. The maximum atomic E-state index is 13.5. The number of carbonyl (C=O) groups excluding carboxylic acids is 1. The molecule has 0 radical (unpaired) electrons. The van der Waals surface area contributed by atoms with Crippen molar-refractivity contribution in [3.05, 3.63) is 70.5 Å². The average Bonchev–Trinajstić information content (AvgIpc) is 3.19.